The highest BCUT2D eigenvalue weighted by Crippen LogP contribution is 2.36. The van der Waals surface area contributed by atoms with E-state index < -0.39 is 45.5 Å². The van der Waals surface area contributed by atoms with Gasteiger partial charge in [0.05, 0.1) is 30.2 Å². The van der Waals surface area contributed by atoms with Crippen LogP contribution in [0.2, 0.25) is 0 Å². The van der Waals surface area contributed by atoms with Gasteiger partial charge in [-0.2, -0.15) is 4.39 Å². The number of halogens is 1. The maximum absolute atomic E-state index is 14.6. The van der Waals surface area contributed by atoms with Gasteiger partial charge in [0.1, 0.15) is 24.2 Å². The van der Waals surface area contributed by atoms with Crippen LogP contribution >= 0.6 is 0 Å². The molecule has 35 heavy (non-hydrogen) atoms. The zero-order valence-electron chi connectivity index (χ0n) is 20.8. The van der Waals surface area contributed by atoms with E-state index in [-0.39, 0.29) is 19.3 Å². The number of rotatable bonds is 7. The number of hydrogen-bond donors (Lipinski definition) is 0. The Hall–Kier alpha value is -2.60. The molecular weight excluding hydrogens is 463 g/mol. The first kappa shape index (κ1) is 25.5. The molecule has 0 saturated carbocycles. The molecule has 0 radical (unpaired) electrons. The van der Waals surface area contributed by atoms with Crippen LogP contribution in [0, 0.1) is 15.9 Å². The van der Waals surface area contributed by atoms with Crippen LogP contribution in [0.15, 0.2) is 18.2 Å². The molecule has 0 amide bonds. The van der Waals surface area contributed by atoms with E-state index in [0.29, 0.717) is 29.8 Å². The van der Waals surface area contributed by atoms with Gasteiger partial charge in [0.2, 0.25) is 5.82 Å². The van der Waals surface area contributed by atoms with Gasteiger partial charge in [-0.15, -0.1) is 0 Å². The monoisotopic (exact) mass is 494 g/mol. The summed E-state index contributed by atoms with van der Waals surface area (Å²) in [6.07, 6.45) is -0.755. The van der Waals surface area contributed by atoms with Crippen LogP contribution in [-0.2, 0) is 40.4 Å². The van der Waals surface area contributed by atoms with Crippen molar-refractivity contribution in [1.82, 2.24) is 4.57 Å². The van der Waals surface area contributed by atoms with E-state index in [1.54, 1.807) is 52.2 Å². The number of carbonyl (C=O) groups excluding carboxylic acids is 1. The lowest BCUT2D eigenvalue weighted by Crippen LogP contribution is -2.36. The molecule has 2 fully saturated rings. The highest BCUT2D eigenvalue weighted by Gasteiger charge is 2.40. The third kappa shape index (κ3) is 5.18. The fourth-order valence-corrected chi connectivity index (χ4v) is 4.48. The third-order valence-electron chi connectivity index (χ3n) is 6.24. The zero-order valence-corrected chi connectivity index (χ0v) is 20.8. The number of fused-ring (bicyclic) bond motifs is 1. The molecule has 4 rings (SSSR count). The standard InChI is InChI=1S/C24H31FN2O8/c1-22(2,21(28)31-11-16-13-33-24(5,6)35-16)20-8-14-7-19(27(29)30)17(25)9-18(14)26(20)10-15-12-32-23(3,4)34-15/h7-9,15-16H,10-13H2,1-6H3/t15-,16-/m1/s1. The molecule has 3 heterocycles. The Morgan fingerprint density at radius 2 is 1.74 bits per heavy atom. The summed E-state index contributed by atoms with van der Waals surface area (Å²) in [5.74, 6) is -2.99. The lowest BCUT2D eigenvalue weighted by molar-refractivity contribution is -0.387. The van der Waals surface area contributed by atoms with Crippen molar-refractivity contribution in [3.8, 4) is 0 Å². The molecule has 2 aromatic rings. The van der Waals surface area contributed by atoms with Crippen molar-refractivity contribution >= 4 is 22.6 Å². The molecule has 2 saturated heterocycles. The average molecular weight is 495 g/mol. The summed E-state index contributed by atoms with van der Waals surface area (Å²) in [7, 11) is 0. The fourth-order valence-electron chi connectivity index (χ4n) is 4.48. The van der Waals surface area contributed by atoms with Crippen molar-refractivity contribution < 1.29 is 37.8 Å². The lowest BCUT2D eigenvalue weighted by atomic mass is 9.89. The maximum atomic E-state index is 14.6. The number of aromatic nitrogens is 1. The summed E-state index contributed by atoms with van der Waals surface area (Å²) in [4.78, 5) is 23.7. The van der Waals surface area contributed by atoms with Gasteiger partial charge in [-0.05, 0) is 47.6 Å². The zero-order chi connectivity index (χ0) is 25.8. The summed E-state index contributed by atoms with van der Waals surface area (Å²) in [6.45, 7) is 11.4. The minimum Gasteiger partial charge on any atom is -0.462 e. The summed E-state index contributed by atoms with van der Waals surface area (Å²) >= 11 is 0. The second kappa shape index (κ2) is 8.81. The van der Waals surface area contributed by atoms with Crippen molar-refractivity contribution in [2.24, 2.45) is 0 Å². The van der Waals surface area contributed by atoms with Gasteiger partial charge in [-0.25, -0.2) is 0 Å². The van der Waals surface area contributed by atoms with Gasteiger partial charge >= 0.3 is 11.7 Å². The molecule has 0 spiro atoms. The van der Waals surface area contributed by atoms with Crippen LogP contribution in [-0.4, -0.2) is 59.1 Å². The van der Waals surface area contributed by atoms with Gasteiger partial charge < -0.3 is 28.3 Å². The van der Waals surface area contributed by atoms with Crippen molar-refractivity contribution in [2.75, 3.05) is 19.8 Å². The van der Waals surface area contributed by atoms with E-state index >= 15 is 0 Å². The van der Waals surface area contributed by atoms with Crippen molar-refractivity contribution in [1.29, 1.82) is 0 Å². The summed E-state index contributed by atoms with van der Waals surface area (Å²) in [5.41, 5.74) is -0.890. The number of benzene rings is 1. The molecule has 192 valence electrons. The third-order valence-corrected chi connectivity index (χ3v) is 6.24. The molecule has 2 atom stereocenters. The van der Waals surface area contributed by atoms with Crippen molar-refractivity contribution in [3.05, 3.63) is 39.8 Å². The summed E-state index contributed by atoms with van der Waals surface area (Å²) < 4.78 is 44.7. The number of nitro benzene ring substituents is 1. The molecule has 1 aromatic carbocycles. The number of ether oxygens (including phenoxy) is 5. The van der Waals surface area contributed by atoms with Crippen LogP contribution in [0.5, 0.6) is 0 Å². The normalized spacial score (nSPS) is 23.6. The molecular formula is C24H31FN2O8. The van der Waals surface area contributed by atoms with Crippen molar-refractivity contribution in [3.63, 3.8) is 0 Å². The van der Waals surface area contributed by atoms with Crippen LogP contribution < -0.4 is 0 Å². The Kier molecular flexibility index (Phi) is 6.41. The van der Waals surface area contributed by atoms with E-state index in [1.165, 1.54) is 6.07 Å². The van der Waals surface area contributed by atoms with E-state index in [1.807, 2.05) is 0 Å². The van der Waals surface area contributed by atoms with E-state index in [9.17, 15) is 19.3 Å². The lowest BCUT2D eigenvalue weighted by Gasteiger charge is -2.27. The summed E-state index contributed by atoms with van der Waals surface area (Å²) in [5, 5.41) is 11.7. The molecule has 1 aromatic heterocycles. The summed E-state index contributed by atoms with van der Waals surface area (Å²) in [6, 6.07) is 3.95. The van der Waals surface area contributed by atoms with Gasteiger partial charge in [-0.3, -0.25) is 14.9 Å². The van der Waals surface area contributed by atoms with Crippen LogP contribution in [0.3, 0.4) is 0 Å². The van der Waals surface area contributed by atoms with Crippen LogP contribution in [0.4, 0.5) is 10.1 Å². The molecule has 10 nitrogen and oxygen atoms in total. The second-order valence-electron chi connectivity index (χ2n) is 10.4. The SMILES string of the molecule is CC1(C)OC[C@@H](COC(=O)C(C)(C)c2cc3cc([N+](=O)[O-])c(F)cc3n2C[C@@H]2COC(C)(C)O2)O1. The van der Waals surface area contributed by atoms with Crippen LogP contribution in [0.1, 0.15) is 47.2 Å². The molecule has 0 bridgehead atoms. The van der Waals surface area contributed by atoms with Gasteiger partial charge in [0, 0.05) is 23.2 Å². The minimum atomic E-state index is -1.17. The first-order chi connectivity index (χ1) is 16.2. The largest absolute Gasteiger partial charge is 0.462 e. The van der Waals surface area contributed by atoms with E-state index in [0.717, 1.165) is 6.07 Å². The maximum Gasteiger partial charge on any atom is 0.317 e. The quantitative estimate of drug-likeness (QED) is 0.325. The topological polar surface area (TPSA) is 111 Å². The molecule has 2 aliphatic heterocycles. The first-order valence-electron chi connectivity index (χ1n) is 11.5. The second-order valence-corrected chi connectivity index (χ2v) is 10.4. The highest BCUT2D eigenvalue weighted by atomic mass is 19.1. The fraction of sp³-hybridized carbons (Fsp3) is 0.625. The molecule has 0 aliphatic carbocycles. The average Bonchev–Trinajstić information content (AvgIpc) is 3.40. The smallest absolute Gasteiger partial charge is 0.317 e. The Balaban J connectivity index is 1.67. The van der Waals surface area contributed by atoms with Gasteiger partial charge in [-0.1, -0.05) is 0 Å². The Morgan fingerprint density at radius 3 is 2.29 bits per heavy atom. The predicted molar refractivity (Wildman–Crippen MR) is 122 cm³/mol. The molecule has 0 unspecified atom stereocenters. The predicted octanol–water partition coefficient (Wildman–Crippen LogP) is 3.81. The Labute approximate surface area is 202 Å². The van der Waals surface area contributed by atoms with Crippen LogP contribution in [0.25, 0.3) is 10.9 Å². The van der Waals surface area contributed by atoms with Gasteiger partial charge in [0.15, 0.2) is 11.6 Å². The molecule has 0 N–H and O–H groups in total. The number of carbonyl (C=O) groups is 1. The highest BCUT2D eigenvalue weighted by molar-refractivity contribution is 5.88. The number of nitro groups is 1. The number of nitrogens with zero attached hydrogens (tertiary/aromatic N) is 2. The Morgan fingerprint density at radius 1 is 1.14 bits per heavy atom. The number of esters is 1. The molecule has 11 heteroatoms. The first-order valence-corrected chi connectivity index (χ1v) is 11.5. The van der Waals surface area contributed by atoms with E-state index in [2.05, 4.69) is 0 Å². The number of hydrogen-bond acceptors (Lipinski definition) is 8. The Bertz CT molecular complexity index is 1160. The van der Waals surface area contributed by atoms with E-state index in [4.69, 9.17) is 23.7 Å². The minimum absolute atomic E-state index is 0.0137. The molecule has 2 aliphatic rings. The van der Waals surface area contributed by atoms with Gasteiger partial charge in [0.25, 0.3) is 0 Å². The van der Waals surface area contributed by atoms with Crippen molar-refractivity contribution in [2.45, 2.75) is 77.3 Å².